The Kier molecular flexibility index (Phi) is 16.6. The number of rotatable bonds is 22. The number of halogens is 2. The van der Waals surface area contributed by atoms with Gasteiger partial charge in [0.15, 0.2) is 0 Å². The van der Waals surface area contributed by atoms with Crippen LogP contribution in [0.1, 0.15) is 27.7 Å². The summed E-state index contributed by atoms with van der Waals surface area (Å²) in [5.74, 6) is 1.20. The van der Waals surface area contributed by atoms with Gasteiger partial charge in [-0.05, 0) is 70.2 Å². The molecule has 5 N–H and O–H groups in total. The van der Waals surface area contributed by atoms with E-state index in [1.165, 1.54) is 24.5 Å². The third-order valence-corrected chi connectivity index (χ3v) is 13.6. The average Bonchev–Trinajstić information content (AvgIpc) is 3.94. The number of ether oxygens (including phenoxy) is 2. The monoisotopic (exact) mass is 1040 g/mol. The van der Waals surface area contributed by atoms with Gasteiger partial charge in [0.1, 0.15) is 33.3 Å². The Balaban J connectivity index is 1.36. The van der Waals surface area contributed by atoms with Gasteiger partial charge in [-0.15, -0.1) is 20.5 Å². The summed E-state index contributed by atoms with van der Waals surface area (Å²) in [6, 6.07) is 15.1. The first kappa shape index (κ1) is 50.7. The van der Waals surface area contributed by atoms with Crippen LogP contribution in [-0.4, -0.2) is 115 Å². The summed E-state index contributed by atoms with van der Waals surface area (Å²) >= 11 is 14.8. The van der Waals surface area contributed by atoms with Gasteiger partial charge >= 0.3 is 0 Å². The zero-order valence-electron chi connectivity index (χ0n) is 38.2. The number of azo groups is 2. The number of aliphatic hydroxyl groups excluding tert-OH is 2. The van der Waals surface area contributed by atoms with Gasteiger partial charge in [0.05, 0.1) is 65.1 Å². The molecule has 26 heteroatoms. The normalized spacial score (nSPS) is 11.9. The lowest BCUT2D eigenvalue weighted by atomic mass is 10.2. The quantitative estimate of drug-likeness (QED) is 0.0312. The standard InChI is InChI=1S/C43H48Cl2N14O7S3/c1-7-57(8-2)31-20-27(29(22-33(31)65-5)53-55-42-48-26-12-11-24(44)17-35(26)67-42)46-39-50-40(52-41(51-39)59(13-15-60)14-16-61)47-28-21-32(58(9-3)10-4)34(66-6)23-30(28)54-56-43-49-38-36(68-43)18-25(45)19-37(38)69(62,63)64/h11-12,17-23,60-61H,7-10,13-16H2,1-6H3,(H,62,63,64)(H2,46,47,50,51,52)/b55-53+,56-54+. The summed E-state index contributed by atoms with van der Waals surface area (Å²) in [5.41, 5.74) is 3.59. The molecule has 364 valence electrons. The molecule has 7 aromatic rings. The summed E-state index contributed by atoms with van der Waals surface area (Å²) in [7, 11) is -1.56. The van der Waals surface area contributed by atoms with Gasteiger partial charge in [-0.2, -0.15) is 23.4 Å². The van der Waals surface area contributed by atoms with E-state index in [9.17, 15) is 23.2 Å². The molecule has 4 aromatic carbocycles. The van der Waals surface area contributed by atoms with Crippen molar-refractivity contribution in [2.75, 3.05) is 92.0 Å². The Morgan fingerprint density at radius 2 is 1.14 bits per heavy atom. The van der Waals surface area contributed by atoms with Crippen LogP contribution in [0.3, 0.4) is 0 Å². The van der Waals surface area contributed by atoms with E-state index < -0.39 is 15.0 Å². The molecule has 0 unspecified atom stereocenters. The number of nitrogens with one attached hydrogen (secondary N) is 2. The van der Waals surface area contributed by atoms with Crippen LogP contribution in [0.25, 0.3) is 20.4 Å². The van der Waals surface area contributed by atoms with Crippen LogP contribution in [0.5, 0.6) is 11.5 Å². The maximum Gasteiger partial charge on any atom is 0.296 e. The van der Waals surface area contributed by atoms with Crippen LogP contribution < -0.4 is 34.8 Å². The highest BCUT2D eigenvalue weighted by molar-refractivity contribution is 7.86. The molecule has 0 spiro atoms. The predicted molar refractivity (Wildman–Crippen MR) is 273 cm³/mol. The Morgan fingerprint density at radius 1 is 0.638 bits per heavy atom. The molecule has 21 nitrogen and oxygen atoms in total. The Labute approximate surface area is 415 Å². The molecule has 0 fully saturated rings. The second kappa shape index (κ2) is 22.5. The summed E-state index contributed by atoms with van der Waals surface area (Å²) in [5, 5.41) is 45.9. The first-order valence-corrected chi connectivity index (χ1v) is 25.2. The number of hydrogen-bond donors (Lipinski definition) is 5. The highest BCUT2D eigenvalue weighted by Gasteiger charge is 2.23. The van der Waals surface area contributed by atoms with Crippen LogP contribution in [0, 0.1) is 0 Å². The maximum atomic E-state index is 12.2. The van der Waals surface area contributed by atoms with E-state index in [4.69, 9.17) is 47.6 Å². The molecule has 3 aromatic heterocycles. The molecule has 69 heavy (non-hydrogen) atoms. The summed E-state index contributed by atoms with van der Waals surface area (Å²) < 4.78 is 47.2. The summed E-state index contributed by atoms with van der Waals surface area (Å²) in [6.45, 7) is 10.3. The lowest BCUT2D eigenvalue weighted by molar-refractivity contribution is 0.280. The van der Waals surface area contributed by atoms with Crippen molar-refractivity contribution >= 4 is 139 Å². The van der Waals surface area contributed by atoms with Crippen molar-refractivity contribution < 1.29 is 32.7 Å². The Bertz CT molecular complexity index is 3130. The smallest absolute Gasteiger partial charge is 0.296 e. The molecule has 7 rings (SSSR count). The number of fused-ring (bicyclic) bond motifs is 2. The number of hydrogen-bond acceptors (Lipinski definition) is 22. The van der Waals surface area contributed by atoms with E-state index >= 15 is 0 Å². The molecule has 0 saturated carbocycles. The number of aliphatic hydroxyl groups is 2. The van der Waals surface area contributed by atoms with E-state index in [-0.39, 0.29) is 65.5 Å². The molecule has 3 heterocycles. The molecule has 0 bridgehead atoms. The highest BCUT2D eigenvalue weighted by Crippen LogP contribution is 2.44. The molecule has 0 saturated heterocycles. The molecule has 0 aliphatic rings. The van der Waals surface area contributed by atoms with E-state index in [0.717, 1.165) is 33.3 Å². The first-order chi connectivity index (χ1) is 33.2. The van der Waals surface area contributed by atoms with Crippen LogP contribution in [-0.2, 0) is 10.1 Å². The summed E-state index contributed by atoms with van der Waals surface area (Å²) in [4.78, 5) is 28.6. The van der Waals surface area contributed by atoms with Gasteiger partial charge in [0.2, 0.25) is 28.1 Å². The fourth-order valence-corrected chi connectivity index (χ4v) is 10.2. The number of thiazole rings is 2. The van der Waals surface area contributed by atoms with Gasteiger partial charge in [-0.1, -0.05) is 45.9 Å². The average molecular weight is 1040 g/mol. The molecular weight excluding hydrogens is 992 g/mol. The zero-order chi connectivity index (χ0) is 49.4. The van der Waals surface area contributed by atoms with Gasteiger partial charge in [-0.3, -0.25) is 4.55 Å². The predicted octanol–water partition coefficient (Wildman–Crippen LogP) is 10.5. The fourth-order valence-electron chi connectivity index (χ4n) is 7.16. The van der Waals surface area contributed by atoms with Gasteiger partial charge in [0.25, 0.3) is 10.1 Å². The van der Waals surface area contributed by atoms with Crippen molar-refractivity contribution in [1.82, 2.24) is 24.9 Å². The number of benzene rings is 4. The first-order valence-electron chi connectivity index (χ1n) is 21.4. The van der Waals surface area contributed by atoms with Crippen LogP contribution >= 0.6 is 45.9 Å². The second-order valence-corrected chi connectivity index (χ2v) is 18.9. The van der Waals surface area contributed by atoms with Crippen molar-refractivity contribution in [3.63, 3.8) is 0 Å². The van der Waals surface area contributed by atoms with Crippen molar-refractivity contribution in [3.8, 4) is 11.5 Å². The third kappa shape index (κ3) is 11.8. The van der Waals surface area contributed by atoms with Crippen molar-refractivity contribution in [1.29, 1.82) is 0 Å². The Morgan fingerprint density at radius 3 is 1.64 bits per heavy atom. The lowest BCUT2D eigenvalue weighted by Gasteiger charge is -2.25. The van der Waals surface area contributed by atoms with Gasteiger partial charge in [0, 0.05) is 61.4 Å². The third-order valence-electron chi connectivity index (χ3n) is 10.5. The van der Waals surface area contributed by atoms with Crippen LogP contribution in [0.4, 0.5) is 62.2 Å². The van der Waals surface area contributed by atoms with E-state index in [0.29, 0.717) is 75.3 Å². The van der Waals surface area contributed by atoms with E-state index in [2.05, 4.69) is 50.9 Å². The molecule has 0 aliphatic carbocycles. The van der Waals surface area contributed by atoms with Crippen LogP contribution in [0.15, 0.2) is 79.9 Å². The molecule has 0 atom stereocenters. The topological polar surface area (TPSA) is 261 Å². The number of methoxy groups -OCH3 is 2. The largest absolute Gasteiger partial charge is 0.494 e. The molecular formula is C43H48Cl2N14O7S3. The Hall–Kier alpha value is -6.12. The number of nitrogens with zero attached hydrogens (tertiary/aromatic N) is 12. The van der Waals surface area contributed by atoms with Crippen LogP contribution in [0.2, 0.25) is 10.0 Å². The number of aromatic nitrogens is 5. The van der Waals surface area contributed by atoms with E-state index in [1.807, 2.05) is 45.9 Å². The van der Waals surface area contributed by atoms with E-state index in [1.54, 1.807) is 36.3 Å². The minimum atomic E-state index is -4.67. The van der Waals surface area contributed by atoms with Gasteiger partial charge in [-0.25, -0.2) is 9.97 Å². The van der Waals surface area contributed by atoms with Gasteiger partial charge < -0.3 is 45.0 Å². The molecule has 0 amide bonds. The SMILES string of the molecule is CCN(CC)c1cc(Nc2nc(Nc3cc(N(CC)CC)c(OC)cc3/N=N/c3nc4c(S(=O)(=O)O)cc(Cl)cc4s3)nc(N(CCO)CCO)n2)c(/N=N/c2nc3ccc(Cl)cc3s2)cc1OC. The fraction of sp³-hybridized carbons (Fsp3) is 0.326. The lowest BCUT2D eigenvalue weighted by Crippen LogP contribution is -2.31. The molecule has 0 radical (unpaired) electrons. The van der Waals surface area contributed by atoms with Crippen molar-refractivity contribution in [2.24, 2.45) is 20.5 Å². The highest BCUT2D eigenvalue weighted by atomic mass is 35.5. The minimum Gasteiger partial charge on any atom is -0.494 e. The number of anilines is 7. The minimum absolute atomic E-state index is 0.0189. The molecule has 0 aliphatic heterocycles. The maximum absolute atomic E-state index is 12.2. The summed E-state index contributed by atoms with van der Waals surface area (Å²) in [6.07, 6.45) is 0. The van der Waals surface area contributed by atoms with Crippen molar-refractivity contribution in [2.45, 2.75) is 32.6 Å². The zero-order valence-corrected chi connectivity index (χ0v) is 42.1. The van der Waals surface area contributed by atoms with Crippen molar-refractivity contribution in [3.05, 3.63) is 64.6 Å². The second-order valence-electron chi connectivity index (χ2n) is 14.6.